The second-order valence-corrected chi connectivity index (χ2v) is 9.77. The van der Waals surface area contributed by atoms with E-state index in [1.165, 1.54) is 30.3 Å². The third-order valence-electron chi connectivity index (χ3n) is 5.93. The highest BCUT2D eigenvalue weighted by Gasteiger charge is 2.23. The first-order chi connectivity index (χ1) is 16.3. The minimum absolute atomic E-state index is 0.0248. The zero-order valence-corrected chi connectivity index (χ0v) is 19.6. The zero-order chi connectivity index (χ0) is 24.3. The van der Waals surface area contributed by atoms with Crippen molar-refractivity contribution in [2.75, 3.05) is 40.7 Å². The molecule has 1 aliphatic heterocycles. The lowest BCUT2D eigenvalue weighted by atomic mass is 10.1. The molecular weight excluding hydrogens is 457 g/mol. The fraction of sp³-hybridized carbons (Fsp3) is 0.240. The summed E-state index contributed by atoms with van der Waals surface area (Å²) < 4.78 is 41.2. The van der Waals surface area contributed by atoms with Crippen LogP contribution >= 0.6 is 0 Å². The Kier molecular flexibility index (Phi) is 6.74. The maximum Gasteiger partial charge on any atom is 0.337 e. The average Bonchev–Trinajstić information content (AvgIpc) is 2.84. The molecule has 0 spiro atoms. The molecule has 2 N–H and O–H groups in total. The summed E-state index contributed by atoms with van der Waals surface area (Å²) in [6.07, 6.45) is 0.801. The van der Waals surface area contributed by atoms with Gasteiger partial charge in [0.05, 0.1) is 16.1 Å². The van der Waals surface area contributed by atoms with E-state index < -0.39 is 16.0 Å². The molecule has 34 heavy (non-hydrogen) atoms. The van der Waals surface area contributed by atoms with E-state index in [1.54, 1.807) is 36.4 Å². The normalized spacial score (nSPS) is 14.2. The van der Waals surface area contributed by atoms with Crippen LogP contribution in [-0.4, -0.2) is 45.7 Å². The van der Waals surface area contributed by atoms with E-state index in [9.17, 15) is 22.7 Å². The molecule has 0 aromatic heterocycles. The van der Waals surface area contributed by atoms with Crippen LogP contribution in [0.15, 0.2) is 71.6 Å². The number of rotatable bonds is 7. The number of carbonyl (C=O) groups is 1. The molecule has 0 aliphatic carbocycles. The number of hydrogen-bond acceptors (Lipinski definition) is 5. The predicted molar refractivity (Wildman–Crippen MR) is 131 cm³/mol. The largest absolute Gasteiger partial charge is 0.478 e. The van der Waals surface area contributed by atoms with Gasteiger partial charge in [0.15, 0.2) is 0 Å². The van der Waals surface area contributed by atoms with E-state index in [-0.39, 0.29) is 22.0 Å². The number of carboxylic acids is 1. The number of hydrogen-bond donors (Lipinski definition) is 2. The van der Waals surface area contributed by atoms with Crippen LogP contribution < -0.4 is 14.5 Å². The van der Waals surface area contributed by atoms with Crippen LogP contribution in [0.2, 0.25) is 0 Å². The molecule has 1 fully saturated rings. The Labute approximate surface area is 198 Å². The van der Waals surface area contributed by atoms with Crippen LogP contribution in [0.3, 0.4) is 0 Å². The van der Waals surface area contributed by atoms with Crippen LogP contribution in [0, 0.1) is 5.82 Å². The number of carboxylic acid groups (broad SMARTS) is 1. The molecule has 0 saturated carbocycles. The van der Waals surface area contributed by atoms with Crippen LogP contribution in [0.4, 0.5) is 21.5 Å². The summed E-state index contributed by atoms with van der Waals surface area (Å²) in [6.45, 7) is 4.43. The fourth-order valence-electron chi connectivity index (χ4n) is 4.02. The quantitative estimate of drug-likeness (QED) is 0.523. The molecule has 1 aliphatic rings. The molecule has 0 radical (unpaired) electrons. The van der Waals surface area contributed by atoms with Crippen molar-refractivity contribution in [3.8, 4) is 0 Å². The Balaban J connectivity index is 1.50. The number of nitrogens with one attached hydrogen (secondary N) is 1. The number of halogens is 1. The van der Waals surface area contributed by atoms with Gasteiger partial charge in [0.25, 0.3) is 10.0 Å². The fourth-order valence-corrected chi connectivity index (χ4v) is 5.07. The minimum atomic E-state index is -3.85. The van der Waals surface area contributed by atoms with Crippen molar-refractivity contribution in [3.63, 3.8) is 0 Å². The highest BCUT2D eigenvalue weighted by molar-refractivity contribution is 7.92. The minimum Gasteiger partial charge on any atom is -0.478 e. The van der Waals surface area contributed by atoms with Gasteiger partial charge in [-0.1, -0.05) is 19.1 Å². The van der Waals surface area contributed by atoms with E-state index in [0.29, 0.717) is 31.9 Å². The van der Waals surface area contributed by atoms with Crippen LogP contribution in [0.25, 0.3) is 0 Å². The van der Waals surface area contributed by atoms with E-state index in [2.05, 4.69) is 9.62 Å². The van der Waals surface area contributed by atoms with Gasteiger partial charge < -0.3 is 14.9 Å². The van der Waals surface area contributed by atoms with E-state index in [4.69, 9.17) is 0 Å². The van der Waals surface area contributed by atoms with Crippen molar-refractivity contribution in [1.82, 2.24) is 0 Å². The van der Waals surface area contributed by atoms with Gasteiger partial charge in [-0.2, -0.15) is 0 Å². The van der Waals surface area contributed by atoms with Crippen LogP contribution in [-0.2, 0) is 16.4 Å². The van der Waals surface area contributed by atoms with Gasteiger partial charge in [-0.15, -0.1) is 0 Å². The lowest BCUT2D eigenvalue weighted by Gasteiger charge is -2.38. The Bertz CT molecular complexity index is 1270. The van der Waals surface area contributed by atoms with E-state index in [0.717, 1.165) is 17.7 Å². The summed E-state index contributed by atoms with van der Waals surface area (Å²) >= 11 is 0. The van der Waals surface area contributed by atoms with Gasteiger partial charge in [-0.05, 0) is 66.6 Å². The van der Waals surface area contributed by atoms with Crippen molar-refractivity contribution in [1.29, 1.82) is 0 Å². The smallest absolute Gasteiger partial charge is 0.337 e. The van der Waals surface area contributed by atoms with Crippen molar-refractivity contribution >= 4 is 33.1 Å². The van der Waals surface area contributed by atoms with Gasteiger partial charge in [0, 0.05) is 37.6 Å². The number of anilines is 3. The first-order valence-corrected chi connectivity index (χ1v) is 12.5. The third kappa shape index (κ3) is 5.14. The summed E-state index contributed by atoms with van der Waals surface area (Å²) in [5.74, 6) is -1.42. The van der Waals surface area contributed by atoms with Gasteiger partial charge in [-0.3, -0.25) is 4.72 Å². The molecule has 3 aromatic rings. The summed E-state index contributed by atoms with van der Waals surface area (Å²) in [7, 11) is -3.85. The van der Waals surface area contributed by atoms with E-state index >= 15 is 0 Å². The zero-order valence-electron chi connectivity index (χ0n) is 18.7. The molecule has 0 atom stereocenters. The number of sulfonamides is 1. The van der Waals surface area contributed by atoms with Gasteiger partial charge >= 0.3 is 5.97 Å². The van der Waals surface area contributed by atoms with E-state index in [1.807, 2.05) is 11.8 Å². The first-order valence-electron chi connectivity index (χ1n) is 11.0. The standard InChI is InChI=1S/C25H26FN3O4S/c1-2-18-3-10-22(11-4-18)34(32,33)27-20-7-12-24(23(17-20)25(30)31)29-15-13-28(14-16-29)21-8-5-19(26)6-9-21/h3-12,17,27H,2,13-16H2,1H3,(H,30,31). The second-order valence-electron chi connectivity index (χ2n) is 8.09. The monoisotopic (exact) mass is 483 g/mol. The maximum absolute atomic E-state index is 13.2. The van der Waals surface area contributed by atoms with Crippen LogP contribution in [0.1, 0.15) is 22.8 Å². The molecule has 0 amide bonds. The van der Waals surface area contributed by atoms with Crippen molar-refractivity contribution in [3.05, 3.63) is 83.7 Å². The predicted octanol–water partition coefficient (Wildman–Crippen LogP) is 4.21. The highest BCUT2D eigenvalue weighted by Crippen LogP contribution is 2.28. The lowest BCUT2D eigenvalue weighted by Crippen LogP contribution is -2.47. The van der Waals surface area contributed by atoms with Gasteiger partial charge in [0.2, 0.25) is 0 Å². The molecule has 1 saturated heterocycles. The first kappa shape index (κ1) is 23.6. The maximum atomic E-state index is 13.2. The lowest BCUT2D eigenvalue weighted by molar-refractivity contribution is 0.0697. The number of benzene rings is 3. The molecule has 7 nitrogen and oxygen atoms in total. The van der Waals surface area contributed by atoms with Crippen molar-refractivity contribution in [2.24, 2.45) is 0 Å². The van der Waals surface area contributed by atoms with Crippen molar-refractivity contribution in [2.45, 2.75) is 18.2 Å². The summed E-state index contributed by atoms with van der Waals surface area (Å²) in [5, 5.41) is 9.80. The molecule has 178 valence electrons. The number of aromatic carboxylic acids is 1. The highest BCUT2D eigenvalue weighted by atomic mass is 32.2. The molecule has 0 bridgehead atoms. The average molecular weight is 484 g/mol. The topological polar surface area (TPSA) is 90.0 Å². The summed E-state index contributed by atoms with van der Waals surface area (Å²) in [5.41, 5.74) is 2.68. The second kappa shape index (κ2) is 9.72. The molecular formula is C25H26FN3O4S. The number of piperazine rings is 1. The van der Waals surface area contributed by atoms with Gasteiger partial charge in [0.1, 0.15) is 5.82 Å². The van der Waals surface area contributed by atoms with Crippen LogP contribution in [0.5, 0.6) is 0 Å². The summed E-state index contributed by atoms with van der Waals surface area (Å²) in [6, 6.07) is 17.4. The number of nitrogens with zero attached hydrogens (tertiary/aromatic N) is 2. The molecule has 0 unspecified atom stereocenters. The Hall–Kier alpha value is -3.59. The Morgan fingerprint density at radius 3 is 2.15 bits per heavy atom. The van der Waals surface area contributed by atoms with Crippen molar-refractivity contribution < 1.29 is 22.7 Å². The number of aryl methyl sites for hydroxylation is 1. The Morgan fingerprint density at radius 1 is 0.941 bits per heavy atom. The SMILES string of the molecule is CCc1ccc(S(=O)(=O)Nc2ccc(N3CCN(c4ccc(F)cc4)CC3)c(C(=O)O)c2)cc1. The molecule has 1 heterocycles. The summed E-state index contributed by atoms with van der Waals surface area (Å²) in [4.78, 5) is 16.2. The molecule has 4 rings (SSSR count). The van der Waals surface area contributed by atoms with Gasteiger partial charge in [-0.25, -0.2) is 17.6 Å². The molecule has 9 heteroatoms. The third-order valence-corrected chi connectivity index (χ3v) is 7.33. The molecule has 3 aromatic carbocycles. The Morgan fingerprint density at radius 2 is 1.56 bits per heavy atom.